The van der Waals surface area contributed by atoms with E-state index in [-0.39, 0.29) is 18.4 Å². The van der Waals surface area contributed by atoms with E-state index in [1.807, 2.05) is 20.8 Å². The third-order valence-electron chi connectivity index (χ3n) is 3.69. The summed E-state index contributed by atoms with van der Waals surface area (Å²) in [6, 6.07) is 0. The SMILES string of the molecule is CCCCC(O)(C(=O)NCC(C)(C)C(=O)OC)C(C)C. The van der Waals surface area contributed by atoms with Crippen LogP contribution in [0.4, 0.5) is 0 Å². The highest BCUT2D eigenvalue weighted by atomic mass is 16.5. The Morgan fingerprint density at radius 2 is 1.85 bits per heavy atom. The number of nitrogens with one attached hydrogen (secondary N) is 1. The normalized spacial score (nSPS) is 14.8. The summed E-state index contributed by atoms with van der Waals surface area (Å²) in [4.78, 5) is 23.8. The molecule has 0 aromatic carbocycles. The van der Waals surface area contributed by atoms with Gasteiger partial charge in [0, 0.05) is 6.54 Å². The van der Waals surface area contributed by atoms with Gasteiger partial charge < -0.3 is 15.2 Å². The Morgan fingerprint density at radius 3 is 2.25 bits per heavy atom. The second-order valence-corrected chi connectivity index (χ2v) is 6.24. The largest absolute Gasteiger partial charge is 0.469 e. The van der Waals surface area contributed by atoms with Gasteiger partial charge in [-0.3, -0.25) is 9.59 Å². The lowest BCUT2D eigenvalue weighted by molar-refractivity contribution is -0.152. The molecule has 2 N–H and O–H groups in total. The van der Waals surface area contributed by atoms with Crippen molar-refractivity contribution >= 4 is 11.9 Å². The molecular weight excluding hydrogens is 258 g/mol. The number of esters is 1. The van der Waals surface area contributed by atoms with Crippen LogP contribution in [-0.2, 0) is 14.3 Å². The van der Waals surface area contributed by atoms with E-state index in [2.05, 4.69) is 5.32 Å². The molecule has 0 radical (unpaired) electrons. The van der Waals surface area contributed by atoms with Crippen LogP contribution in [0.5, 0.6) is 0 Å². The summed E-state index contributed by atoms with van der Waals surface area (Å²) >= 11 is 0. The standard InChI is InChI=1S/C15H29NO4/c1-7-8-9-15(19,11(2)3)12(17)16-10-14(4,5)13(18)20-6/h11,19H,7-10H2,1-6H3,(H,16,17). The van der Waals surface area contributed by atoms with Crippen molar-refractivity contribution in [3.05, 3.63) is 0 Å². The molecule has 1 unspecified atom stereocenters. The summed E-state index contributed by atoms with van der Waals surface area (Å²) in [6.45, 7) is 9.18. The first-order valence-electron chi connectivity index (χ1n) is 7.21. The Labute approximate surface area is 122 Å². The van der Waals surface area contributed by atoms with Gasteiger partial charge in [0.05, 0.1) is 12.5 Å². The molecule has 0 bridgehead atoms. The first kappa shape index (κ1) is 18.9. The van der Waals surface area contributed by atoms with Gasteiger partial charge in [0.15, 0.2) is 0 Å². The first-order chi connectivity index (χ1) is 9.11. The van der Waals surface area contributed by atoms with Crippen LogP contribution >= 0.6 is 0 Å². The fourth-order valence-electron chi connectivity index (χ4n) is 1.91. The summed E-state index contributed by atoms with van der Waals surface area (Å²) in [5.41, 5.74) is -2.20. The number of ether oxygens (including phenoxy) is 1. The molecule has 0 aliphatic heterocycles. The summed E-state index contributed by atoms with van der Waals surface area (Å²) in [7, 11) is 1.32. The molecule has 0 aliphatic carbocycles. The molecule has 5 heteroatoms. The fraction of sp³-hybridized carbons (Fsp3) is 0.867. The van der Waals surface area contributed by atoms with Crippen molar-refractivity contribution in [3.8, 4) is 0 Å². The second-order valence-electron chi connectivity index (χ2n) is 6.24. The minimum absolute atomic E-state index is 0.139. The number of hydrogen-bond donors (Lipinski definition) is 2. The van der Waals surface area contributed by atoms with Crippen molar-refractivity contribution in [3.63, 3.8) is 0 Å². The molecule has 0 saturated carbocycles. The van der Waals surface area contributed by atoms with Gasteiger partial charge in [0.1, 0.15) is 5.60 Å². The zero-order valence-electron chi connectivity index (χ0n) is 13.6. The topological polar surface area (TPSA) is 75.6 Å². The average Bonchev–Trinajstić information content (AvgIpc) is 2.40. The summed E-state index contributed by atoms with van der Waals surface area (Å²) in [5.74, 6) is -0.993. The molecule has 0 aromatic rings. The number of aliphatic hydroxyl groups is 1. The number of carbonyl (C=O) groups excluding carboxylic acids is 2. The zero-order chi connectivity index (χ0) is 16.0. The number of unbranched alkanes of at least 4 members (excludes halogenated alkanes) is 1. The molecule has 0 aliphatic rings. The van der Waals surface area contributed by atoms with Gasteiger partial charge >= 0.3 is 5.97 Å². The second kappa shape index (κ2) is 7.62. The van der Waals surface area contributed by atoms with Crippen LogP contribution in [-0.4, -0.2) is 36.2 Å². The van der Waals surface area contributed by atoms with Crippen molar-refractivity contribution in [2.24, 2.45) is 11.3 Å². The summed E-state index contributed by atoms with van der Waals surface area (Å²) < 4.78 is 4.69. The number of carbonyl (C=O) groups is 2. The van der Waals surface area contributed by atoms with E-state index in [1.54, 1.807) is 13.8 Å². The lowest BCUT2D eigenvalue weighted by Crippen LogP contribution is -2.53. The fourth-order valence-corrected chi connectivity index (χ4v) is 1.91. The van der Waals surface area contributed by atoms with E-state index in [9.17, 15) is 14.7 Å². The van der Waals surface area contributed by atoms with Crippen molar-refractivity contribution in [2.45, 2.75) is 59.5 Å². The van der Waals surface area contributed by atoms with Crippen molar-refractivity contribution < 1.29 is 19.4 Å². The van der Waals surface area contributed by atoms with E-state index in [1.165, 1.54) is 7.11 Å². The molecule has 1 amide bonds. The quantitative estimate of drug-likeness (QED) is 0.668. The van der Waals surface area contributed by atoms with Gasteiger partial charge in [-0.2, -0.15) is 0 Å². The first-order valence-corrected chi connectivity index (χ1v) is 7.21. The molecule has 0 aromatic heterocycles. The summed E-state index contributed by atoms with van der Waals surface area (Å²) in [6.07, 6.45) is 2.12. The minimum Gasteiger partial charge on any atom is -0.469 e. The average molecular weight is 287 g/mol. The molecule has 0 rings (SSSR count). The van der Waals surface area contributed by atoms with E-state index < -0.39 is 16.9 Å². The molecule has 0 heterocycles. The van der Waals surface area contributed by atoms with Gasteiger partial charge in [-0.25, -0.2) is 0 Å². The number of rotatable bonds is 8. The monoisotopic (exact) mass is 287 g/mol. The Kier molecular flexibility index (Phi) is 7.20. The predicted molar refractivity (Wildman–Crippen MR) is 78.1 cm³/mol. The highest BCUT2D eigenvalue weighted by molar-refractivity contribution is 5.86. The van der Waals surface area contributed by atoms with Gasteiger partial charge in [0.2, 0.25) is 0 Å². The predicted octanol–water partition coefficient (Wildman–Crippen LogP) is 1.88. The molecule has 118 valence electrons. The van der Waals surface area contributed by atoms with Crippen LogP contribution in [0.25, 0.3) is 0 Å². The number of methoxy groups -OCH3 is 1. The van der Waals surface area contributed by atoms with E-state index in [4.69, 9.17) is 4.74 Å². The lowest BCUT2D eigenvalue weighted by atomic mass is 9.84. The van der Waals surface area contributed by atoms with Crippen LogP contribution in [0.1, 0.15) is 53.9 Å². The number of amides is 1. The van der Waals surface area contributed by atoms with Crippen LogP contribution in [0, 0.1) is 11.3 Å². The Balaban J connectivity index is 4.75. The third-order valence-corrected chi connectivity index (χ3v) is 3.69. The van der Waals surface area contributed by atoms with Crippen molar-refractivity contribution in [1.29, 1.82) is 0 Å². The van der Waals surface area contributed by atoms with Crippen molar-refractivity contribution in [2.75, 3.05) is 13.7 Å². The van der Waals surface area contributed by atoms with Crippen LogP contribution < -0.4 is 5.32 Å². The highest BCUT2D eigenvalue weighted by Gasteiger charge is 2.40. The van der Waals surface area contributed by atoms with Gasteiger partial charge in [-0.1, -0.05) is 33.6 Å². The van der Waals surface area contributed by atoms with Crippen LogP contribution in [0.2, 0.25) is 0 Å². The van der Waals surface area contributed by atoms with Crippen molar-refractivity contribution in [1.82, 2.24) is 5.32 Å². The molecule has 1 atom stereocenters. The molecule has 0 saturated heterocycles. The highest BCUT2D eigenvalue weighted by Crippen LogP contribution is 2.25. The maximum absolute atomic E-state index is 12.3. The van der Waals surface area contributed by atoms with Gasteiger partial charge in [-0.05, 0) is 26.2 Å². The van der Waals surface area contributed by atoms with Crippen LogP contribution in [0.15, 0.2) is 0 Å². The molecule has 0 fully saturated rings. The van der Waals surface area contributed by atoms with E-state index in [0.29, 0.717) is 6.42 Å². The summed E-state index contributed by atoms with van der Waals surface area (Å²) in [5, 5.41) is 13.2. The maximum atomic E-state index is 12.3. The molecular formula is C15H29NO4. The maximum Gasteiger partial charge on any atom is 0.313 e. The Hall–Kier alpha value is -1.10. The van der Waals surface area contributed by atoms with Gasteiger partial charge in [0.25, 0.3) is 5.91 Å². The van der Waals surface area contributed by atoms with E-state index >= 15 is 0 Å². The Bertz CT molecular complexity index is 339. The molecule has 20 heavy (non-hydrogen) atoms. The van der Waals surface area contributed by atoms with Crippen LogP contribution in [0.3, 0.4) is 0 Å². The molecule has 5 nitrogen and oxygen atoms in total. The molecule has 0 spiro atoms. The third kappa shape index (κ3) is 4.78. The van der Waals surface area contributed by atoms with E-state index in [0.717, 1.165) is 12.8 Å². The smallest absolute Gasteiger partial charge is 0.313 e. The zero-order valence-corrected chi connectivity index (χ0v) is 13.6. The minimum atomic E-state index is -1.39. The lowest BCUT2D eigenvalue weighted by Gasteiger charge is -2.32. The van der Waals surface area contributed by atoms with Gasteiger partial charge in [-0.15, -0.1) is 0 Å². The number of hydrogen-bond acceptors (Lipinski definition) is 4. The Morgan fingerprint density at radius 1 is 1.30 bits per heavy atom.